The van der Waals surface area contributed by atoms with Gasteiger partial charge in [0.1, 0.15) is 18.1 Å². The predicted octanol–water partition coefficient (Wildman–Crippen LogP) is 0.917. The second-order valence-corrected chi connectivity index (χ2v) is 11.4. The first-order chi connectivity index (χ1) is 22.6. The number of benzene rings is 3. The van der Waals surface area contributed by atoms with Crippen LogP contribution < -0.4 is 21.7 Å². The fraction of sp³-hybridized carbons (Fsp3) is 0.286. The Hall–Kier alpha value is -5.33. The number of likely N-dealkylation sites (N-methyl/N-ethyl adjacent to an activating group) is 1. The zero-order valence-corrected chi connectivity index (χ0v) is 26.3. The third-order valence-electron chi connectivity index (χ3n) is 7.80. The molecule has 0 spiro atoms. The van der Waals surface area contributed by atoms with Crippen molar-refractivity contribution in [1.82, 2.24) is 25.4 Å². The first-order valence-electron chi connectivity index (χ1n) is 15.3. The summed E-state index contributed by atoms with van der Waals surface area (Å²) >= 11 is 0. The van der Waals surface area contributed by atoms with Gasteiger partial charge in [0, 0.05) is 38.0 Å². The molecule has 4 aromatic rings. The van der Waals surface area contributed by atoms with Crippen LogP contribution in [0.3, 0.4) is 0 Å². The largest absolute Gasteiger partial charge is 0.391 e. The Labute approximate surface area is 272 Å². The van der Waals surface area contributed by atoms with Crippen LogP contribution in [0.1, 0.15) is 23.6 Å². The number of aliphatic hydroxyl groups excluding tert-OH is 1. The van der Waals surface area contributed by atoms with Crippen molar-refractivity contribution < 1.29 is 29.1 Å². The van der Waals surface area contributed by atoms with E-state index < -0.39 is 48.5 Å². The van der Waals surface area contributed by atoms with Crippen molar-refractivity contribution in [3.05, 3.63) is 108 Å². The molecule has 0 saturated carbocycles. The number of nitrogens with one attached hydrogen (secondary N) is 3. The zero-order valence-electron chi connectivity index (χ0n) is 26.3. The number of carbonyl (C=O) groups is 5. The molecule has 1 aromatic heterocycles. The maximum absolute atomic E-state index is 14.1. The van der Waals surface area contributed by atoms with Crippen LogP contribution in [0, 0.1) is 0 Å². The SMILES string of the molecule is C[C@@H](O)[C@H](NC(=O)CN)C(=O)N[C@H](Cc1cn(C=O)c2ccccc12)C(=O)N[C@@H](Cc1ccccc1)C(=O)N(C)Cc1ccccc1. The molecule has 0 aliphatic heterocycles. The lowest BCUT2D eigenvalue weighted by Gasteiger charge is -2.28. The molecule has 0 bridgehead atoms. The summed E-state index contributed by atoms with van der Waals surface area (Å²) in [5.74, 6) is -2.51. The summed E-state index contributed by atoms with van der Waals surface area (Å²) in [6.45, 7) is 1.22. The molecule has 0 aliphatic carbocycles. The van der Waals surface area contributed by atoms with Gasteiger partial charge in [-0.1, -0.05) is 78.9 Å². The minimum absolute atomic E-state index is 0.0671. The van der Waals surface area contributed by atoms with Crippen LogP contribution in [0.4, 0.5) is 0 Å². The summed E-state index contributed by atoms with van der Waals surface area (Å²) in [6.07, 6.45) is 1.01. The summed E-state index contributed by atoms with van der Waals surface area (Å²) in [5, 5.41) is 18.9. The number of aliphatic hydroxyl groups is 1. The van der Waals surface area contributed by atoms with E-state index in [1.54, 1.807) is 37.5 Å². The fourth-order valence-electron chi connectivity index (χ4n) is 5.38. The summed E-state index contributed by atoms with van der Waals surface area (Å²) < 4.78 is 1.38. The lowest BCUT2D eigenvalue weighted by Crippen LogP contribution is -2.60. The molecule has 4 amide bonds. The molecule has 1 heterocycles. The second kappa shape index (κ2) is 16.3. The summed E-state index contributed by atoms with van der Waals surface area (Å²) in [5.41, 5.74) is 8.32. The quantitative estimate of drug-likeness (QED) is 0.120. The first kappa shape index (κ1) is 34.5. The smallest absolute Gasteiger partial charge is 0.245 e. The van der Waals surface area contributed by atoms with E-state index in [1.807, 2.05) is 60.7 Å². The van der Waals surface area contributed by atoms with Gasteiger partial charge in [0.2, 0.25) is 30.0 Å². The van der Waals surface area contributed by atoms with Gasteiger partial charge >= 0.3 is 0 Å². The average Bonchev–Trinajstić information content (AvgIpc) is 3.44. The monoisotopic (exact) mass is 640 g/mol. The van der Waals surface area contributed by atoms with E-state index in [0.29, 0.717) is 29.4 Å². The third-order valence-corrected chi connectivity index (χ3v) is 7.80. The van der Waals surface area contributed by atoms with Gasteiger partial charge in [-0.3, -0.25) is 28.5 Å². The third kappa shape index (κ3) is 9.12. The van der Waals surface area contributed by atoms with Crippen molar-refractivity contribution in [2.24, 2.45) is 5.73 Å². The van der Waals surface area contributed by atoms with Gasteiger partial charge in [-0.2, -0.15) is 0 Å². The van der Waals surface area contributed by atoms with Crippen LogP contribution in [0.5, 0.6) is 0 Å². The topological polar surface area (TPSA) is 176 Å². The molecule has 4 atom stereocenters. The van der Waals surface area contributed by atoms with E-state index >= 15 is 0 Å². The highest BCUT2D eigenvalue weighted by molar-refractivity contribution is 5.96. The number of carbonyl (C=O) groups excluding carboxylic acids is 5. The minimum Gasteiger partial charge on any atom is -0.391 e. The molecule has 3 aromatic carbocycles. The Morgan fingerprint density at radius 3 is 2.04 bits per heavy atom. The number of nitrogens with zero attached hydrogens (tertiary/aromatic N) is 2. The van der Waals surface area contributed by atoms with Gasteiger partial charge in [-0.15, -0.1) is 0 Å². The number of fused-ring (bicyclic) bond motifs is 1. The van der Waals surface area contributed by atoms with E-state index in [2.05, 4.69) is 16.0 Å². The fourth-order valence-corrected chi connectivity index (χ4v) is 5.38. The summed E-state index contributed by atoms with van der Waals surface area (Å²) in [6, 6.07) is 22.1. The number of para-hydroxylation sites is 1. The molecule has 0 aliphatic rings. The molecule has 0 radical (unpaired) electrons. The van der Waals surface area contributed by atoms with E-state index in [-0.39, 0.29) is 18.7 Å². The molecule has 47 heavy (non-hydrogen) atoms. The summed E-state index contributed by atoms with van der Waals surface area (Å²) in [7, 11) is 1.65. The average molecular weight is 641 g/mol. The van der Waals surface area contributed by atoms with Gasteiger partial charge in [-0.05, 0) is 29.7 Å². The zero-order chi connectivity index (χ0) is 33.9. The Balaban J connectivity index is 1.66. The van der Waals surface area contributed by atoms with Crippen molar-refractivity contribution in [3.8, 4) is 0 Å². The molecule has 0 saturated heterocycles. The highest BCUT2D eigenvalue weighted by Gasteiger charge is 2.33. The summed E-state index contributed by atoms with van der Waals surface area (Å²) in [4.78, 5) is 66.8. The molecule has 6 N–H and O–H groups in total. The normalized spacial score (nSPS) is 13.5. The number of hydrogen-bond donors (Lipinski definition) is 5. The van der Waals surface area contributed by atoms with E-state index in [1.165, 1.54) is 16.4 Å². The van der Waals surface area contributed by atoms with Gasteiger partial charge in [0.05, 0.1) is 18.2 Å². The lowest BCUT2D eigenvalue weighted by molar-refractivity contribution is -0.137. The molecule has 12 nitrogen and oxygen atoms in total. The first-order valence-corrected chi connectivity index (χ1v) is 15.3. The van der Waals surface area contributed by atoms with Crippen LogP contribution in [-0.4, -0.2) is 82.4 Å². The van der Waals surface area contributed by atoms with Gasteiger partial charge in [0.25, 0.3) is 0 Å². The van der Waals surface area contributed by atoms with Crippen molar-refractivity contribution in [2.45, 2.75) is 50.5 Å². The Morgan fingerprint density at radius 2 is 1.43 bits per heavy atom. The highest BCUT2D eigenvalue weighted by atomic mass is 16.3. The highest BCUT2D eigenvalue weighted by Crippen LogP contribution is 2.22. The van der Waals surface area contributed by atoms with Crippen LogP contribution >= 0.6 is 0 Å². The van der Waals surface area contributed by atoms with E-state index in [0.717, 1.165) is 11.1 Å². The number of amides is 4. The molecule has 246 valence electrons. The van der Waals surface area contributed by atoms with Crippen LogP contribution in [0.2, 0.25) is 0 Å². The maximum atomic E-state index is 14.1. The Morgan fingerprint density at radius 1 is 0.830 bits per heavy atom. The second-order valence-electron chi connectivity index (χ2n) is 11.4. The molecule has 0 unspecified atom stereocenters. The van der Waals surface area contributed by atoms with Gasteiger partial charge < -0.3 is 31.7 Å². The molecule has 4 rings (SSSR count). The Kier molecular flexibility index (Phi) is 12.0. The predicted molar refractivity (Wildman–Crippen MR) is 177 cm³/mol. The van der Waals surface area contributed by atoms with Crippen LogP contribution in [0.15, 0.2) is 91.1 Å². The molecular weight excluding hydrogens is 600 g/mol. The molecular formula is C35H40N6O6. The van der Waals surface area contributed by atoms with Crippen LogP contribution in [-0.2, 0) is 43.4 Å². The minimum atomic E-state index is -1.41. The van der Waals surface area contributed by atoms with E-state index in [4.69, 9.17) is 5.73 Å². The molecule has 0 fully saturated rings. The maximum Gasteiger partial charge on any atom is 0.245 e. The number of hydrogen-bond acceptors (Lipinski definition) is 7. The number of rotatable bonds is 15. The van der Waals surface area contributed by atoms with Crippen molar-refractivity contribution in [2.75, 3.05) is 13.6 Å². The van der Waals surface area contributed by atoms with Gasteiger partial charge in [0.15, 0.2) is 0 Å². The van der Waals surface area contributed by atoms with Gasteiger partial charge in [-0.25, -0.2) is 0 Å². The van der Waals surface area contributed by atoms with E-state index in [9.17, 15) is 29.1 Å². The lowest BCUT2D eigenvalue weighted by atomic mass is 10.0. The Bertz CT molecular complexity index is 1690. The van der Waals surface area contributed by atoms with Crippen molar-refractivity contribution in [3.63, 3.8) is 0 Å². The standard InChI is InChI=1S/C35H40N6O6/c1-23(43)32(39-31(44)19-36)34(46)37-28(18-26-21-41(22-42)30-16-10-9-15-27(26)30)33(45)38-29(17-24-11-5-3-6-12-24)35(47)40(2)20-25-13-7-4-8-14-25/h3-16,21-23,28-29,32,43H,17-20,36H2,1-2H3,(H,37,46)(H,38,45)(H,39,44)/t23-,28-,29+,32+/m1/s1. The van der Waals surface area contributed by atoms with Crippen molar-refractivity contribution in [1.29, 1.82) is 0 Å². The number of nitrogens with two attached hydrogens (primary N) is 1. The van der Waals surface area contributed by atoms with Crippen LogP contribution in [0.25, 0.3) is 10.9 Å². The van der Waals surface area contributed by atoms with Crippen molar-refractivity contribution >= 4 is 40.9 Å². The molecule has 12 heteroatoms. The number of aromatic nitrogens is 1.